The predicted molar refractivity (Wildman–Crippen MR) is 111 cm³/mol. The van der Waals surface area contributed by atoms with E-state index in [2.05, 4.69) is 15.9 Å². The summed E-state index contributed by atoms with van der Waals surface area (Å²) in [7, 11) is -3.86. The van der Waals surface area contributed by atoms with Gasteiger partial charge in [-0.05, 0) is 56.7 Å². The molecule has 4 rings (SSSR count). The summed E-state index contributed by atoms with van der Waals surface area (Å²) in [5.74, 6) is -0.769. The Morgan fingerprint density at radius 1 is 1.17 bits per heavy atom. The van der Waals surface area contributed by atoms with Crippen molar-refractivity contribution >= 4 is 43.5 Å². The molecule has 2 fully saturated rings. The van der Waals surface area contributed by atoms with Crippen molar-refractivity contribution in [1.82, 2.24) is 4.31 Å². The minimum Gasteiger partial charge on any atom is -0.466 e. The third kappa shape index (κ3) is 3.96. The summed E-state index contributed by atoms with van der Waals surface area (Å²) in [6, 6.07) is 3.48. The molecule has 0 unspecified atom stereocenters. The third-order valence-electron chi connectivity index (χ3n) is 5.81. The van der Waals surface area contributed by atoms with Crippen molar-refractivity contribution in [3.05, 3.63) is 22.2 Å². The van der Waals surface area contributed by atoms with Crippen molar-refractivity contribution < 1.29 is 22.7 Å². The Bertz CT molecular complexity index is 944. The Kier molecular flexibility index (Phi) is 5.74. The third-order valence-corrected chi connectivity index (χ3v) is 8.14. The minimum atomic E-state index is -3.86. The van der Waals surface area contributed by atoms with Crippen molar-refractivity contribution in [2.75, 3.05) is 31.1 Å². The smallest absolute Gasteiger partial charge is 0.310 e. The topological polar surface area (TPSA) is 84.0 Å². The molecule has 9 heteroatoms. The van der Waals surface area contributed by atoms with E-state index < -0.39 is 15.9 Å². The molecule has 0 N–H and O–H groups in total. The summed E-state index contributed by atoms with van der Waals surface area (Å²) in [6.07, 6.45) is 3.60. The molecule has 0 bridgehead atoms. The summed E-state index contributed by atoms with van der Waals surface area (Å²) in [5.41, 5.74) is 1.38. The van der Waals surface area contributed by atoms with Gasteiger partial charge in [0.1, 0.15) is 4.90 Å². The van der Waals surface area contributed by atoms with Gasteiger partial charge < -0.3 is 9.64 Å². The second kappa shape index (κ2) is 8.00. The number of halogens is 1. The lowest BCUT2D eigenvalue weighted by atomic mass is 10.0. The molecule has 7 nitrogen and oxygen atoms in total. The average molecular weight is 485 g/mol. The van der Waals surface area contributed by atoms with Crippen LogP contribution in [-0.4, -0.2) is 50.8 Å². The molecular formula is C20H25BrN2O5S. The zero-order chi connectivity index (χ0) is 20.8. The molecule has 3 aliphatic rings. The van der Waals surface area contributed by atoms with E-state index in [-0.39, 0.29) is 35.8 Å². The maximum absolute atomic E-state index is 13.6. The Hall–Kier alpha value is -1.45. The molecule has 1 aliphatic carbocycles. The van der Waals surface area contributed by atoms with Gasteiger partial charge in [0.05, 0.1) is 18.2 Å². The molecule has 2 heterocycles. The van der Waals surface area contributed by atoms with Crippen molar-refractivity contribution in [2.24, 2.45) is 11.8 Å². The number of amides is 1. The largest absolute Gasteiger partial charge is 0.466 e. The number of fused-ring (bicyclic) bond motifs is 1. The highest BCUT2D eigenvalue weighted by atomic mass is 79.9. The number of carbonyl (C=O) groups excluding carboxylic acids is 2. The fourth-order valence-electron chi connectivity index (χ4n) is 4.19. The van der Waals surface area contributed by atoms with E-state index in [0.717, 1.165) is 18.4 Å². The Morgan fingerprint density at radius 2 is 1.93 bits per heavy atom. The van der Waals surface area contributed by atoms with Crippen LogP contribution in [0.25, 0.3) is 0 Å². The normalized spacial score (nSPS) is 22.4. The molecule has 0 spiro atoms. The van der Waals surface area contributed by atoms with Crippen molar-refractivity contribution in [3.8, 4) is 0 Å². The molecule has 0 radical (unpaired) electrons. The quantitative estimate of drug-likeness (QED) is 0.599. The highest BCUT2D eigenvalue weighted by Gasteiger charge is 2.41. The van der Waals surface area contributed by atoms with Crippen LogP contribution in [0.2, 0.25) is 0 Å². The molecule has 0 aromatic heterocycles. The number of esters is 1. The van der Waals surface area contributed by atoms with Crippen molar-refractivity contribution in [3.63, 3.8) is 0 Å². The van der Waals surface area contributed by atoms with Crippen LogP contribution in [0, 0.1) is 11.8 Å². The molecule has 1 aromatic carbocycles. The SMILES string of the molecule is CCOC(=O)[C@@H]1CCCN(S(=O)(=O)c2cc(Br)cc3c2N(C(=O)C2CC2)CC3)C1. The number of ether oxygens (including phenoxy) is 1. The lowest BCUT2D eigenvalue weighted by Gasteiger charge is -2.32. The first-order valence-corrected chi connectivity index (χ1v) is 12.4. The number of benzene rings is 1. The number of rotatable bonds is 5. The molecule has 158 valence electrons. The van der Waals surface area contributed by atoms with Crippen LogP contribution in [0.1, 0.15) is 38.2 Å². The van der Waals surface area contributed by atoms with Crippen LogP contribution in [0.5, 0.6) is 0 Å². The van der Waals surface area contributed by atoms with Gasteiger partial charge in [-0.3, -0.25) is 9.59 Å². The van der Waals surface area contributed by atoms with E-state index in [0.29, 0.717) is 42.5 Å². The lowest BCUT2D eigenvalue weighted by Crippen LogP contribution is -2.43. The standard InChI is InChI=1S/C20H25BrN2O5S/c1-2-28-20(25)15-4-3-8-22(12-15)29(26,27)17-11-16(21)10-14-7-9-23(18(14)17)19(24)13-5-6-13/h10-11,13,15H,2-9,12H2,1H3/t15-/m1/s1. The monoisotopic (exact) mass is 484 g/mol. The van der Waals surface area contributed by atoms with Crippen LogP contribution in [0.4, 0.5) is 5.69 Å². The van der Waals surface area contributed by atoms with E-state index in [9.17, 15) is 18.0 Å². The van der Waals surface area contributed by atoms with Crippen LogP contribution >= 0.6 is 15.9 Å². The number of anilines is 1. The second-order valence-electron chi connectivity index (χ2n) is 7.88. The number of piperidine rings is 1. The van der Waals surface area contributed by atoms with Gasteiger partial charge in [0.15, 0.2) is 0 Å². The Labute approximate surface area is 179 Å². The first-order valence-electron chi connectivity index (χ1n) is 10.1. The summed E-state index contributed by atoms with van der Waals surface area (Å²) in [6.45, 7) is 3.00. The molecular weight excluding hydrogens is 460 g/mol. The van der Waals surface area contributed by atoms with E-state index in [1.165, 1.54) is 4.31 Å². The van der Waals surface area contributed by atoms with E-state index in [4.69, 9.17) is 4.74 Å². The summed E-state index contributed by atoms with van der Waals surface area (Å²) in [4.78, 5) is 26.7. The molecule has 1 atom stereocenters. The molecule has 1 aromatic rings. The van der Waals surface area contributed by atoms with Crippen LogP contribution in [0.3, 0.4) is 0 Å². The van der Waals surface area contributed by atoms with Crippen LogP contribution < -0.4 is 4.90 Å². The van der Waals surface area contributed by atoms with E-state index >= 15 is 0 Å². The molecule has 1 saturated heterocycles. The molecule has 29 heavy (non-hydrogen) atoms. The highest BCUT2D eigenvalue weighted by molar-refractivity contribution is 9.10. The van der Waals surface area contributed by atoms with Gasteiger partial charge in [-0.1, -0.05) is 15.9 Å². The van der Waals surface area contributed by atoms with Gasteiger partial charge in [-0.15, -0.1) is 0 Å². The minimum absolute atomic E-state index is 0.0170. The maximum atomic E-state index is 13.6. The fourth-order valence-corrected chi connectivity index (χ4v) is 6.63. The highest BCUT2D eigenvalue weighted by Crippen LogP contribution is 2.42. The first-order chi connectivity index (χ1) is 13.8. The van der Waals surface area contributed by atoms with E-state index in [1.807, 2.05) is 6.07 Å². The van der Waals surface area contributed by atoms with Gasteiger partial charge in [0.25, 0.3) is 0 Å². The average Bonchev–Trinajstić information content (AvgIpc) is 3.47. The lowest BCUT2D eigenvalue weighted by molar-refractivity contribution is -0.149. The zero-order valence-corrected chi connectivity index (χ0v) is 18.8. The fraction of sp³-hybridized carbons (Fsp3) is 0.600. The first kappa shape index (κ1) is 20.8. The van der Waals surface area contributed by atoms with Crippen molar-refractivity contribution in [1.29, 1.82) is 0 Å². The van der Waals surface area contributed by atoms with Gasteiger partial charge in [0.2, 0.25) is 15.9 Å². The Morgan fingerprint density at radius 3 is 2.62 bits per heavy atom. The summed E-state index contributed by atoms with van der Waals surface area (Å²) >= 11 is 3.43. The number of hydrogen-bond donors (Lipinski definition) is 0. The van der Waals surface area contributed by atoms with Gasteiger partial charge in [-0.2, -0.15) is 4.31 Å². The second-order valence-corrected chi connectivity index (χ2v) is 10.7. The van der Waals surface area contributed by atoms with Gasteiger partial charge in [0, 0.05) is 30.0 Å². The predicted octanol–water partition coefficient (Wildman–Crippen LogP) is 2.71. The maximum Gasteiger partial charge on any atom is 0.310 e. The van der Waals surface area contributed by atoms with E-state index in [1.54, 1.807) is 17.9 Å². The van der Waals surface area contributed by atoms with Crippen molar-refractivity contribution in [2.45, 2.75) is 43.9 Å². The number of nitrogens with zero attached hydrogens (tertiary/aromatic N) is 2. The Balaban J connectivity index is 1.68. The number of hydrogen-bond acceptors (Lipinski definition) is 5. The molecule has 1 amide bonds. The van der Waals surface area contributed by atoms with Gasteiger partial charge in [-0.25, -0.2) is 8.42 Å². The zero-order valence-electron chi connectivity index (χ0n) is 16.4. The molecule has 2 aliphatic heterocycles. The summed E-state index contributed by atoms with van der Waals surface area (Å²) in [5, 5.41) is 0. The molecule has 1 saturated carbocycles. The number of sulfonamides is 1. The van der Waals surface area contributed by atoms with Crippen LogP contribution in [0.15, 0.2) is 21.5 Å². The summed E-state index contributed by atoms with van der Waals surface area (Å²) < 4.78 is 34.3. The van der Waals surface area contributed by atoms with Crippen LogP contribution in [-0.2, 0) is 30.8 Å². The number of carbonyl (C=O) groups is 2. The van der Waals surface area contributed by atoms with Gasteiger partial charge >= 0.3 is 5.97 Å².